The van der Waals surface area contributed by atoms with Gasteiger partial charge in [-0.1, -0.05) is 0 Å². The quantitative estimate of drug-likeness (QED) is 0.570. The van der Waals surface area contributed by atoms with E-state index in [1.807, 2.05) is 0 Å². The van der Waals surface area contributed by atoms with Crippen molar-refractivity contribution in [2.24, 2.45) is 0 Å². The summed E-state index contributed by atoms with van der Waals surface area (Å²) in [6.07, 6.45) is 1.65. The van der Waals surface area contributed by atoms with E-state index < -0.39 is 16.8 Å². The van der Waals surface area contributed by atoms with Gasteiger partial charge in [-0.05, 0) is 0 Å². The molecule has 1 unspecified atom stereocenters. The number of rotatable bonds is 5. The van der Waals surface area contributed by atoms with Crippen LogP contribution in [0.4, 0.5) is 0 Å². The number of carbonyl (C=O) groups is 2. The fraction of sp³-hybridized carbons (Fsp3) is 0.714. The summed E-state index contributed by atoms with van der Waals surface area (Å²) >= 11 is 0. The van der Waals surface area contributed by atoms with Crippen LogP contribution in [0, 0.1) is 0 Å². The second-order valence-corrected chi connectivity index (χ2v) is 3.77. The SMILES string of the molecule is COC(=O)CCC(=O)CS(C)=O. The predicted molar refractivity (Wildman–Crippen MR) is 45.2 cm³/mol. The monoisotopic (exact) mass is 192 g/mol. The van der Waals surface area contributed by atoms with E-state index in [-0.39, 0.29) is 24.4 Å². The fourth-order valence-electron chi connectivity index (χ4n) is 0.642. The molecule has 0 aromatic rings. The van der Waals surface area contributed by atoms with Crippen molar-refractivity contribution in [1.82, 2.24) is 0 Å². The topological polar surface area (TPSA) is 60.4 Å². The summed E-state index contributed by atoms with van der Waals surface area (Å²) in [4.78, 5) is 21.4. The summed E-state index contributed by atoms with van der Waals surface area (Å²) in [6, 6.07) is 0. The maximum absolute atomic E-state index is 10.9. The van der Waals surface area contributed by atoms with E-state index >= 15 is 0 Å². The van der Waals surface area contributed by atoms with Crippen LogP contribution in [0.5, 0.6) is 0 Å². The second kappa shape index (κ2) is 5.88. The lowest BCUT2D eigenvalue weighted by atomic mass is 10.2. The number of methoxy groups -OCH3 is 1. The number of hydrogen-bond donors (Lipinski definition) is 0. The summed E-state index contributed by atoms with van der Waals surface area (Å²) in [6.45, 7) is 0. The lowest BCUT2D eigenvalue weighted by Gasteiger charge is -1.97. The fourth-order valence-corrected chi connectivity index (χ4v) is 1.24. The summed E-state index contributed by atoms with van der Waals surface area (Å²) in [5.74, 6) is -0.553. The third-order valence-electron chi connectivity index (χ3n) is 1.20. The first kappa shape index (κ1) is 11.3. The van der Waals surface area contributed by atoms with Gasteiger partial charge in [0.2, 0.25) is 0 Å². The van der Waals surface area contributed by atoms with Crippen molar-refractivity contribution in [1.29, 1.82) is 0 Å². The van der Waals surface area contributed by atoms with E-state index in [1.54, 1.807) is 0 Å². The molecule has 0 fully saturated rings. The van der Waals surface area contributed by atoms with Gasteiger partial charge >= 0.3 is 5.97 Å². The minimum atomic E-state index is -1.11. The van der Waals surface area contributed by atoms with Gasteiger partial charge < -0.3 is 4.74 Å². The molecule has 0 aromatic carbocycles. The van der Waals surface area contributed by atoms with E-state index in [0.717, 1.165) is 0 Å². The van der Waals surface area contributed by atoms with Gasteiger partial charge in [-0.3, -0.25) is 13.8 Å². The molecule has 4 nitrogen and oxygen atoms in total. The molecular formula is C7H12O4S. The van der Waals surface area contributed by atoms with Crippen molar-refractivity contribution < 1.29 is 18.5 Å². The van der Waals surface area contributed by atoms with E-state index in [2.05, 4.69) is 4.74 Å². The van der Waals surface area contributed by atoms with Crippen molar-refractivity contribution in [2.75, 3.05) is 19.1 Å². The van der Waals surface area contributed by atoms with Crippen LogP contribution in [-0.4, -0.2) is 35.1 Å². The number of Topliss-reactive ketones (excluding diaryl/α,β-unsaturated/α-hetero) is 1. The first-order valence-electron chi connectivity index (χ1n) is 3.44. The van der Waals surface area contributed by atoms with Gasteiger partial charge in [0.1, 0.15) is 5.78 Å². The molecule has 0 bridgehead atoms. The molecule has 0 spiro atoms. The molecule has 12 heavy (non-hydrogen) atoms. The van der Waals surface area contributed by atoms with Crippen molar-refractivity contribution >= 4 is 22.6 Å². The molecule has 0 radical (unpaired) electrons. The highest BCUT2D eigenvalue weighted by atomic mass is 32.2. The van der Waals surface area contributed by atoms with E-state index in [4.69, 9.17) is 0 Å². The molecule has 0 amide bonds. The Bertz CT molecular complexity index is 200. The van der Waals surface area contributed by atoms with Crippen LogP contribution in [0.1, 0.15) is 12.8 Å². The lowest BCUT2D eigenvalue weighted by Crippen LogP contribution is -2.11. The molecule has 1 atom stereocenters. The maximum atomic E-state index is 10.9. The Labute approximate surface area is 73.7 Å². The normalized spacial score (nSPS) is 12.2. The Balaban J connectivity index is 3.57. The Hall–Kier alpha value is -0.710. The molecule has 0 saturated carbocycles. The van der Waals surface area contributed by atoms with Crippen molar-refractivity contribution in [3.63, 3.8) is 0 Å². The van der Waals surface area contributed by atoms with Gasteiger partial charge in [0.05, 0.1) is 19.3 Å². The number of carbonyl (C=O) groups excluding carboxylic acids is 2. The van der Waals surface area contributed by atoms with Gasteiger partial charge in [0.25, 0.3) is 0 Å². The largest absolute Gasteiger partial charge is 0.469 e. The minimum Gasteiger partial charge on any atom is -0.469 e. The van der Waals surface area contributed by atoms with Crippen LogP contribution in [0.15, 0.2) is 0 Å². The standard InChI is InChI=1S/C7H12O4S/c1-11-7(9)4-3-6(8)5-12(2)10/h3-5H2,1-2H3. The van der Waals surface area contributed by atoms with Crippen molar-refractivity contribution in [3.8, 4) is 0 Å². The molecule has 0 aromatic heterocycles. The average molecular weight is 192 g/mol. The molecule has 0 heterocycles. The summed E-state index contributed by atoms with van der Waals surface area (Å²) in [7, 11) is 0.155. The first-order valence-corrected chi connectivity index (χ1v) is 5.17. The average Bonchev–Trinajstić information content (AvgIpc) is 1.99. The smallest absolute Gasteiger partial charge is 0.305 e. The maximum Gasteiger partial charge on any atom is 0.305 e. The van der Waals surface area contributed by atoms with E-state index in [9.17, 15) is 13.8 Å². The van der Waals surface area contributed by atoms with E-state index in [1.165, 1.54) is 13.4 Å². The van der Waals surface area contributed by atoms with Gasteiger partial charge in [-0.15, -0.1) is 0 Å². The molecule has 0 N–H and O–H groups in total. The number of esters is 1. The molecule has 0 aliphatic heterocycles. The number of ketones is 1. The number of ether oxygens (including phenoxy) is 1. The zero-order valence-corrected chi connectivity index (χ0v) is 7.98. The van der Waals surface area contributed by atoms with Crippen LogP contribution < -0.4 is 0 Å². The third kappa shape index (κ3) is 6.03. The summed E-state index contributed by atoms with van der Waals surface area (Å²) in [5, 5.41) is 0. The molecule has 0 saturated heterocycles. The first-order chi connectivity index (χ1) is 5.56. The predicted octanol–water partition coefficient (Wildman–Crippen LogP) is -0.113. The lowest BCUT2D eigenvalue weighted by molar-refractivity contribution is -0.141. The number of hydrogen-bond acceptors (Lipinski definition) is 4. The van der Waals surface area contributed by atoms with Crippen molar-refractivity contribution in [3.05, 3.63) is 0 Å². The highest BCUT2D eigenvalue weighted by Gasteiger charge is 2.07. The Morgan fingerprint density at radius 3 is 2.33 bits per heavy atom. The second-order valence-electron chi connectivity index (χ2n) is 2.33. The minimum absolute atomic E-state index is 0.0248. The van der Waals surface area contributed by atoms with Crippen LogP contribution in [-0.2, 0) is 25.1 Å². The molecule has 0 rings (SSSR count). The van der Waals surface area contributed by atoms with Gasteiger partial charge in [-0.25, -0.2) is 0 Å². The summed E-state index contributed by atoms with van der Waals surface area (Å²) < 4.78 is 14.9. The molecule has 5 heteroatoms. The Morgan fingerprint density at radius 2 is 1.92 bits per heavy atom. The molecule has 70 valence electrons. The van der Waals surface area contributed by atoms with E-state index in [0.29, 0.717) is 0 Å². The van der Waals surface area contributed by atoms with Gasteiger partial charge in [0, 0.05) is 23.5 Å². The van der Waals surface area contributed by atoms with Crippen LogP contribution >= 0.6 is 0 Å². The highest BCUT2D eigenvalue weighted by molar-refractivity contribution is 7.85. The van der Waals surface area contributed by atoms with Crippen LogP contribution in [0.2, 0.25) is 0 Å². The van der Waals surface area contributed by atoms with Gasteiger partial charge in [0.15, 0.2) is 0 Å². The highest BCUT2D eigenvalue weighted by Crippen LogP contribution is 1.94. The summed E-state index contributed by atoms with van der Waals surface area (Å²) in [5.41, 5.74) is 0. The van der Waals surface area contributed by atoms with Crippen LogP contribution in [0.3, 0.4) is 0 Å². The van der Waals surface area contributed by atoms with Gasteiger partial charge in [-0.2, -0.15) is 0 Å². The van der Waals surface area contributed by atoms with Crippen LogP contribution in [0.25, 0.3) is 0 Å². The van der Waals surface area contributed by atoms with Crippen molar-refractivity contribution in [2.45, 2.75) is 12.8 Å². The molecule has 0 aliphatic carbocycles. The zero-order valence-electron chi connectivity index (χ0n) is 7.16. The Morgan fingerprint density at radius 1 is 1.33 bits per heavy atom. The molecular weight excluding hydrogens is 180 g/mol. The third-order valence-corrected chi connectivity index (χ3v) is 1.93. The Kier molecular flexibility index (Phi) is 5.53. The molecule has 0 aliphatic rings. The zero-order chi connectivity index (χ0) is 9.56.